The largest absolute Gasteiger partial charge is 0.495 e. The molecular formula is C15H14N2O2. The zero-order chi connectivity index (χ0) is 13.8. The molecular weight excluding hydrogens is 240 g/mol. The Labute approximate surface area is 111 Å². The van der Waals surface area contributed by atoms with Crippen LogP contribution in [0.1, 0.15) is 24.2 Å². The monoisotopic (exact) mass is 254 g/mol. The summed E-state index contributed by atoms with van der Waals surface area (Å²) in [6.07, 6.45) is 2.76. The van der Waals surface area contributed by atoms with Gasteiger partial charge in [-0.2, -0.15) is 5.26 Å². The third-order valence-electron chi connectivity index (χ3n) is 2.94. The number of hydrogen-bond donors (Lipinski definition) is 1. The van der Waals surface area contributed by atoms with E-state index in [1.54, 1.807) is 37.5 Å². The summed E-state index contributed by atoms with van der Waals surface area (Å²) in [7, 11) is 1.53. The molecule has 4 nitrogen and oxygen atoms in total. The number of nitrogens with zero attached hydrogens (tertiary/aromatic N) is 2. The number of aliphatic hydroxyl groups excluding tert-OH is 1. The zero-order valence-corrected chi connectivity index (χ0v) is 10.8. The first-order valence-electron chi connectivity index (χ1n) is 5.88. The summed E-state index contributed by atoms with van der Waals surface area (Å²) in [5.41, 5.74) is 2.97. The molecule has 1 heterocycles. The minimum absolute atomic E-state index is 0.480. The number of aromatic nitrogens is 1. The van der Waals surface area contributed by atoms with Gasteiger partial charge in [0.15, 0.2) is 0 Å². The van der Waals surface area contributed by atoms with Crippen LogP contribution in [0, 0.1) is 11.3 Å². The lowest BCUT2D eigenvalue weighted by atomic mass is 9.98. The van der Waals surface area contributed by atoms with E-state index >= 15 is 0 Å². The number of nitriles is 1. The van der Waals surface area contributed by atoms with Crippen LogP contribution in [0.15, 0.2) is 36.7 Å². The Morgan fingerprint density at radius 2 is 2.16 bits per heavy atom. The first-order chi connectivity index (χ1) is 9.17. The molecule has 0 saturated heterocycles. The maximum absolute atomic E-state index is 9.78. The van der Waals surface area contributed by atoms with Gasteiger partial charge in [-0.25, -0.2) is 0 Å². The molecule has 0 saturated carbocycles. The van der Waals surface area contributed by atoms with Gasteiger partial charge < -0.3 is 9.84 Å². The van der Waals surface area contributed by atoms with Crippen LogP contribution >= 0.6 is 0 Å². The van der Waals surface area contributed by atoms with Crippen LogP contribution in [0.25, 0.3) is 11.1 Å². The number of benzene rings is 1. The van der Waals surface area contributed by atoms with Crippen LogP contribution in [0.3, 0.4) is 0 Å². The van der Waals surface area contributed by atoms with Gasteiger partial charge in [0.1, 0.15) is 11.8 Å². The van der Waals surface area contributed by atoms with E-state index in [1.165, 1.54) is 7.11 Å². The van der Waals surface area contributed by atoms with E-state index in [1.807, 2.05) is 6.07 Å². The van der Waals surface area contributed by atoms with Gasteiger partial charge in [-0.3, -0.25) is 4.98 Å². The molecule has 1 N–H and O–H groups in total. The molecule has 2 rings (SSSR count). The third kappa shape index (κ3) is 2.56. The highest BCUT2D eigenvalue weighted by Crippen LogP contribution is 2.31. The van der Waals surface area contributed by atoms with E-state index in [-0.39, 0.29) is 0 Å². The molecule has 0 spiro atoms. The first-order valence-corrected chi connectivity index (χ1v) is 5.88. The van der Waals surface area contributed by atoms with E-state index in [9.17, 15) is 5.11 Å². The van der Waals surface area contributed by atoms with Gasteiger partial charge in [0, 0.05) is 18.0 Å². The molecule has 0 aliphatic carbocycles. The lowest BCUT2D eigenvalue weighted by Gasteiger charge is -2.12. The van der Waals surface area contributed by atoms with Crippen molar-refractivity contribution < 1.29 is 9.84 Å². The maximum atomic E-state index is 9.78. The zero-order valence-electron chi connectivity index (χ0n) is 10.8. The van der Waals surface area contributed by atoms with E-state index in [2.05, 4.69) is 11.1 Å². The molecule has 0 amide bonds. The molecule has 0 aliphatic heterocycles. The number of ether oxygens (including phenoxy) is 1. The van der Waals surface area contributed by atoms with Crippen molar-refractivity contribution in [2.45, 2.75) is 13.0 Å². The predicted octanol–water partition coefficient (Wildman–Crippen LogP) is 2.68. The molecule has 1 atom stereocenters. The van der Waals surface area contributed by atoms with Crippen molar-refractivity contribution in [1.29, 1.82) is 5.26 Å². The van der Waals surface area contributed by atoms with Gasteiger partial charge in [-0.05, 0) is 36.2 Å². The van der Waals surface area contributed by atoms with Crippen molar-refractivity contribution in [3.05, 3.63) is 47.8 Å². The molecule has 1 aromatic heterocycles. The van der Waals surface area contributed by atoms with Crippen LogP contribution < -0.4 is 4.74 Å². The molecule has 1 aromatic carbocycles. The van der Waals surface area contributed by atoms with E-state index in [0.717, 1.165) is 16.7 Å². The molecule has 0 fully saturated rings. The second-order valence-corrected chi connectivity index (χ2v) is 4.17. The first kappa shape index (κ1) is 13.1. The highest BCUT2D eigenvalue weighted by molar-refractivity contribution is 5.69. The van der Waals surface area contributed by atoms with Crippen molar-refractivity contribution in [1.82, 2.24) is 4.98 Å². The summed E-state index contributed by atoms with van der Waals surface area (Å²) in [5.74, 6) is 0.514. The predicted molar refractivity (Wildman–Crippen MR) is 71.6 cm³/mol. The Hall–Kier alpha value is -2.38. The molecule has 19 heavy (non-hydrogen) atoms. The average Bonchev–Trinajstić information content (AvgIpc) is 2.46. The topological polar surface area (TPSA) is 66.1 Å². The summed E-state index contributed by atoms with van der Waals surface area (Å²) in [4.78, 5) is 4.09. The minimum atomic E-state index is -0.584. The Kier molecular flexibility index (Phi) is 3.79. The van der Waals surface area contributed by atoms with Gasteiger partial charge in [0.2, 0.25) is 0 Å². The molecule has 96 valence electrons. The van der Waals surface area contributed by atoms with Gasteiger partial charge in [-0.1, -0.05) is 6.07 Å². The van der Waals surface area contributed by atoms with Gasteiger partial charge in [0.05, 0.1) is 18.8 Å². The van der Waals surface area contributed by atoms with Crippen molar-refractivity contribution in [3.8, 4) is 22.9 Å². The van der Waals surface area contributed by atoms with E-state index in [4.69, 9.17) is 10.00 Å². The van der Waals surface area contributed by atoms with Crippen LogP contribution in [0.2, 0.25) is 0 Å². The maximum Gasteiger partial charge on any atom is 0.137 e. The van der Waals surface area contributed by atoms with E-state index < -0.39 is 6.10 Å². The summed E-state index contributed by atoms with van der Waals surface area (Å²) in [5, 5.41) is 18.8. The summed E-state index contributed by atoms with van der Waals surface area (Å²) < 4.78 is 5.19. The second kappa shape index (κ2) is 5.51. The van der Waals surface area contributed by atoms with E-state index in [0.29, 0.717) is 11.3 Å². The Morgan fingerprint density at radius 1 is 1.37 bits per heavy atom. The van der Waals surface area contributed by atoms with Crippen LogP contribution in [0.4, 0.5) is 0 Å². The highest BCUT2D eigenvalue weighted by atomic mass is 16.5. The Morgan fingerprint density at radius 3 is 2.79 bits per heavy atom. The fraction of sp³-hybridized carbons (Fsp3) is 0.200. The fourth-order valence-electron chi connectivity index (χ4n) is 1.96. The lowest BCUT2D eigenvalue weighted by molar-refractivity contribution is 0.200. The fourth-order valence-corrected chi connectivity index (χ4v) is 1.96. The van der Waals surface area contributed by atoms with Gasteiger partial charge in [-0.15, -0.1) is 0 Å². The van der Waals surface area contributed by atoms with Crippen LogP contribution in [-0.2, 0) is 0 Å². The van der Waals surface area contributed by atoms with Crippen molar-refractivity contribution in [2.24, 2.45) is 0 Å². The molecule has 4 heteroatoms. The summed E-state index contributed by atoms with van der Waals surface area (Å²) >= 11 is 0. The average molecular weight is 254 g/mol. The Bertz CT molecular complexity index is 630. The van der Waals surface area contributed by atoms with Crippen molar-refractivity contribution >= 4 is 0 Å². The number of pyridine rings is 1. The van der Waals surface area contributed by atoms with Crippen LogP contribution in [0.5, 0.6) is 5.75 Å². The minimum Gasteiger partial charge on any atom is -0.495 e. The smallest absolute Gasteiger partial charge is 0.137 e. The van der Waals surface area contributed by atoms with Gasteiger partial charge in [0.25, 0.3) is 0 Å². The molecule has 0 radical (unpaired) electrons. The lowest BCUT2D eigenvalue weighted by Crippen LogP contribution is -1.96. The molecule has 0 unspecified atom stereocenters. The SMILES string of the molecule is COc1cc(-c2cnccc2[C@H](C)O)ccc1C#N. The highest BCUT2D eigenvalue weighted by Gasteiger charge is 2.12. The molecule has 2 aromatic rings. The summed E-state index contributed by atoms with van der Waals surface area (Å²) in [6, 6.07) is 9.16. The Balaban J connectivity index is 2.57. The normalized spacial score (nSPS) is 11.7. The standard InChI is InChI=1S/C15H14N2O2/c1-10(18)13-5-6-17-9-14(13)11-3-4-12(8-16)15(7-11)19-2/h3-7,9-10,18H,1-2H3/t10-/m0/s1. The number of hydrogen-bond acceptors (Lipinski definition) is 4. The van der Waals surface area contributed by atoms with Gasteiger partial charge >= 0.3 is 0 Å². The van der Waals surface area contributed by atoms with Crippen molar-refractivity contribution in [3.63, 3.8) is 0 Å². The van der Waals surface area contributed by atoms with Crippen LogP contribution in [-0.4, -0.2) is 17.2 Å². The number of rotatable bonds is 3. The molecule has 0 bridgehead atoms. The summed E-state index contributed by atoms with van der Waals surface area (Å²) in [6.45, 7) is 1.71. The van der Waals surface area contributed by atoms with Crippen molar-refractivity contribution in [2.75, 3.05) is 7.11 Å². The third-order valence-corrected chi connectivity index (χ3v) is 2.94. The quantitative estimate of drug-likeness (QED) is 0.914. The number of methoxy groups -OCH3 is 1. The number of aliphatic hydroxyl groups is 1. The molecule has 0 aliphatic rings. The second-order valence-electron chi connectivity index (χ2n) is 4.17.